The van der Waals surface area contributed by atoms with Gasteiger partial charge in [-0.25, -0.2) is 0 Å². The molecular weight excluding hydrogens is 230 g/mol. The highest BCUT2D eigenvalue weighted by atomic mass is 16.5. The van der Waals surface area contributed by atoms with Gasteiger partial charge in [0.2, 0.25) is 5.91 Å². The molecule has 0 aliphatic carbocycles. The maximum absolute atomic E-state index is 11.0. The van der Waals surface area contributed by atoms with Crippen molar-refractivity contribution in [2.24, 2.45) is 0 Å². The van der Waals surface area contributed by atoms with E-state index in [1.54, 1.807) is 7.11 Å². The zero-order valence-electron chi connectivity index (χ0n) is 12.3. The predicted octanol–water partition coefficient (Wildman–Crippen LogP) is 2.29. The Hall–Kier alpha value is -0.870. The van der Waals surface area contributed by atoms with E-state index in [0.29, 0.717) is 13.2 Å². The summed E-state index contributed by atoms with van der Waals surface area (Å²) in [5.74, 6) is -0.147. The first-order valence-electron chi connectivity index (χ1n) is 6.32. The normalized spacial score (nSPS) is 12.3. The summed E-state index contributed by atoms with van der Waals surface area (Å²) in [5, 5.41) is 2.74. The molecule has 0 rings (SSSR count). The van der Waals surface area contributed by atoms with Gasteiger partial charge in [0, 0.05) is 13.7 Å². The molecule has 0 saturated carbocycles. The molecule has 1 N–H and O–H groups in total. The van der Waals surface area contributed by atoms with Crippen LogP contribution in [-0.2, 0) is 14.3 Å². The van der Waals surface area contributed by atoms with Crippen LogP contribution in [0, 0.1) is 0 Å². The lowest BCUT2D eigenvalue weighted by molar-refractivity contribution is -0.116. The minimum atomic E-state index is -0.252. The number of carbonyl (C=O) groups is 1. The molecule has 4 nitrogen and oxygen atoms in total. The molecule has 0 bridgehead atoms. The molecule has 0 aromatic rings. The molecule has 0 radical (unpaired) electrons. The summed E-state index contributed by atoms with van der Waals surface area (Å²) in [6.07, 6.45) is 2.88. The van der Waals surface area contributed by atoms with E-state index in [9.17, 15) is 4.79 Å². The fourth-order valence-electron chi connectivity index (χ4n) is 1.31. The van der Waals surface area contributed by atoms with Crippen molar-refractivity contribution in [1.82, 2.24) is 5.32 Å². The van der Waals surface area contributed by atoms with E-state index < -0.39 is 0 Å². The summed E-state index contributed by atoms with van der Waals surface area (Å²) in [7, 11) is 1.70. The minimum absolute atomic E-state index is 0.147. The van der Waals surface area contributed by atoms with Gasteiger partial charge in [0.25, 0.3) is 0 Å². The van der Waals surface area contributed by atoms with Crippen LogP contribution >= 0.6 is 0 Å². The first kappa shape index (κ1) is 17.1. The summed E-state index contributed by atoms with van der Waals surface area (Å²) < 4.78 is 11.2. The van der Waals surface area contributed by atoms with Gasteiger partial charge in [-0.15, -0.1) is 0 Å². The highest BCUT2D eigenvalue weighted by Gasteiger charge is 2.21. The van der Waals surface area contributed by atoms with E-state index in [1.807, 2.05) is 27.7 Å². The van der Waals surface area contributed by atoms with E-state index in [0.717, 1.165) is 12.8 Å². The van der Waals surface area contributed by atoms with Crippen LogP contribution in [0.5, 0.6) is 0 Å². The molecule has 1 amide bonds. The van der Waals surface area contributed by atoms with Crippen molar-refractivity contribution >= 4 is 5.91 Å². The maximum atomic E-state index is 11.0. The SMILES string of the molecule is C=CC(=O)NCCC(C)(C)OCCC(C)(C)OC. The first-order chi connectivity index (χ1) is 8.22. The Morgan fingerprint density at radius 3 is 2.33 bits per heavy atom. The van der Waals surface area contributed by atoms with Crippen LogP contribution in [0.15, 0.2) is 12.7 Å². The third-order valence-corrected chi connectivity index (χ3v) is 2.96. The van der Waals surface area contributed by atoms with Crippen LogP contribution in [-0.4, -0.2) is 37.4 Å². The molecule has 0 aromatic carbocycles. The zero-order chi connectivity index (χ0) is 14.2. The lowest BCUT2D eigenvalue weighted by Gasteiger charge is -2.28. The summed E-state index contributed by atoms with van der Waals surface area (Å²) in [6.45, 7) is 12.7. The second-order valence-corrected chi connectivity index (χ2v) is 5.57. The molecular formula is C14H27NO3. The van der Waals surface area contributed by atoms with Gasteiger partial charge in [-0.2, -0.15) is 0 Å². The molecule has 0 aromatic heterocycles. The van der Waals surface area contributed by atoms with Crippen LogP contribution in [0.4, 0.5) is 0 Å². The molecule has 0 atom stereocenters. The smallest absolute Gasteiger partial charge is 0.243 e. The van der Waals surface area contributed by atoms with Gasteiger partial charge in [0.05, 0.1) is 17.8 Å². The van der Waals surface area contributed by atoms with Gasteiger partial charge >= 0.3 is 0 Å². The third kappa shape index (κ3) is 8.25. The standard InChI is InChI=1S/C14H27NO3/c1-7-12(16)15-10-8-14(4,5)18-11-9-13(2,3)17-6/h7H,1,8-11H2,2-6H3,(H,15,16). The van der Waals surface area contributed by atoms with E-state index in [4.69, 9.17) is 9.47 Å². The monoisotopic (exact) mass is 257 g/mol. The van der Waals surface area contributed by atoms with Crippen molar-refractivity contribution < 1.29 is 14.3 Å². The van der Waals surface area contributed by atoms with Gasteiger partial charge < -0.3 is 14.8 Å². The number of nitrogens with one attached hydrogen (secondary N) is 1. The number of hydrogen-bond donors (Lipinski definition) is 1. The van der Waals surface area contributed by atoms with Crippen molar-refractivity contribution in [2.75, 3.05) is 20.3 Å². The average Bonchev–Trinajstić information content (AvgIpc) is 2.28. The summed E-state index contributed by atoms with van der Waals surface area (Å²) in [6, 6.07) is 0. The summed E-state index contributed by atoms with van der Waals surface area (Å²) in [5.41, 5.74) is -0.411. The van der Waals surface area contributed by atoms with Gasteiger partial charge in [-0.3, -0.25) is 4.79 Å². The lowest BCUT2D eigenvalue weighted by Crippen LogP contribution is -2.34. The molecule has 0 saturated heterocycles. The second kappa shape index (κ2) is 7.54. The van der Waals surface area contributed by atoms with Gasteiger partial charge in [0.1, 0.15) is 0 Å². The third-order valence-electron chi connectivity index (χ3n) is 2.96. The molecule has 0 spiro atoms. The van der Waals surface area contributed by atoms with Crippen LogP contribution in [0.2, 0.25) is 0 Å². The van der Waals surface area contributed by atoms with Crippen molar-refractivity contribution in [3.05, 3.63) is 12.7 Å². The predicted molar refractivity (Wildman–Crippen MR) is 73.6 cm³/mol. The number of rotatable bonds is 9. The average molecular weight is 257 g/mol. The molecule has 0 aliphatic heterocycles. The first-order valence-corrected chi connectivity index (χ1v) is 6.32. The van der Waals surface area contributed by atoms with Gasteiger partial charge in [0.15, 0.2) is 0 Å². The van der Waals surface area contributed by atoms with Crippen LogP contribution in [0.25, 0.3) is 0 Å². The number of ether oxygens (including phenoxy) is 2. The Kier molecular flexibility index (Phi) is 7.18. The fourth-order valence-corrected chi connectivity index (χ4v) is 1.31. The second-order valence-electron chi connectivity index (χ2n) is 5.57. The highest BCUT2D eigenvalue weighted by Crippen LogP contribution is 2.18. The molecule has 0 heterocycles. The van der Waals surface area contributed by atoms with Crippen molar-refractivity contribution in [3.63, 3.8) is 0 Å². The molecule has 0 aliphatic rings. The number of hydrogen-bond acceptors (Lipinski definition) is 3. The van der Waals surface area contributed by atoms with Crippen LogP contribution in [0.1, 0.15) is 40.5 Å². The largest absolute Gasteiger partial charge is 0.379 e. The number of methoxy groups -OCH3 is 1. The van der Waals surface area contributed by atoms with Crippen molar-refractivity contribution in [1.29, 1.82) is 0 Å². The van der Waals surface area contributed by atoms with Crippen molar-refractivity contribution in [3.8, 4) is 0 Å². The van der Waals surface area contributed by atoms with Crippen molar-refractivity contribution in [2.45, 2.75) is 51.7 Å². The quantitative estimate of drug-likeness (QED) is 0.645. The minimum Gasteiger partial charge on any atom is -0.379 e. The molecule has 0 fully saturated rings. The molecule has 106 valence electrons. The van der Waals surface area contributed by atoms with E-state index in [1.165, 1.54) is 6.08 Å². The van der Waals surface area contributed by atoms with E-state index in [-0.39, 0.29) is 17.1 Å². The molecule has 4 heteroatoms. The Bertz CT molecular complexity index is 272. The molecule has 18 heavy (non-hydrogen) atoms. The van der Waals surface area contributed by atoms with Gasteiger partial charge in [-0.1, -0.05) is 6.58 Å². The maximum Gasteiger partial charge on any atom is 0.243 e. The lowest BCUT2D eigenvalue weighted by atomic mass is 10.0. The Morgan fingerprint density at radius 1 is 1.22 bits per heavy atom. The Morgan fingerprint density at radius 2 is 1.83 bits per heavy atom. The fraction of sp³-hybridized carbons (Fsp3) is 0.786. The van der Waals surface area contributed by atoms with E-state index in [2.05, 4.69) is 11.9 Å². The number of amides is 1. The summed E-state index contributed by atoms with van der Waals surface area (Å²) >= 11 is 0. The van der Waals surface area contributed by atoms with Crippen LogP contribution in [0.3, 0.4) is 0 Å². The molecule has 0 unspecified atom stereocenters. The van der Waals surface area contributed by atoms with Crippen LogP contribution < -0.4 is 5.32 Å². The topological polar surface area (TPSA) is 47.6 Å². The summed E-state index contributed by atoms with van der Waals surface area (Å²) in [4.78, 5) is 11.0. The zero-order valence-corrected chi connectivity index (χ0v) is 12.3. The van der Waals surface area contributed by atoms with Gasteiger partial charge in [-0.05, 0) is 46.6 Å². The van der Waals surface area contributed by atoms with E-state index >= 15 is 0 Å². The Balaban J connectivity index is 3.86. The highest BCUT2D eigenvalue weighted by molar-refractivity contribution is 5.86. The number of carbonyl (C=O) groups excluding carboxylic acids is 1. The Labute approximate surface area is 111 Å².